The van der Waals surface area contributed by atoms with Crippen molar-refractivity contribution >= 4 is 33.3 Å². The number of aromatic nitrogens is 1. The number of hydrogen-bond acceptors (Lipinski definition) is 6. The van der Waals surface area contributed by atoms with Crippen LogP contribution in [0.4, 0.5) is 10.1 Å². The lowest BCUT2D eigenvalue weighted by molar-refractivity contribution is -0.129. The van der Waals surface area contributed by atoms with E-state index < -0.39 is 11.9 Å². The Morgan fingerprint density at radius 2 is 2.08 bits per heavy atom. The molecule has 0 radical (unpaired) electrons. The molecule has 1 aromatic carbocycles. The van der Waals surface area contributed by atoms with Crippen LogP contribution in [0.2, 0.25) is 0 Å². The molecule has 0 spiro atoms. The highest BCUT2D eigenvalue weighted by Crippen LogP contribution is 2.24. The Morgan fingerprint density at radius 3 is 2.79 bits per heavy atom. The summed E-state index contributed by atoms with van der Waals surface area (Å²) in [6.07, 6.45) is 8.65. The quantitative estimate of drug-likeness (QED) is 0.658. The number of nitrogens with one attached hydrogen (secondary N) is 1. The number of nitrogens with zero attached hydrogens (tertiary/aromatic N) is 1. The zero-order valence-electron chi connectivity index (χ0n) is 12.7. The minimum absolute atomic E-state index is 0.199. The molecule has 7 heteroatoms. The molecule has 1 heterocycles. The van der Waals surface area contributed by atoms with Gasteiger partial charge in [-0.1, -0.05) is 41.7 Å². The molecular weight excluding hydrogens is 326 g/mol. The van der Waals surface area contributed by atoms with Crippen LogP contribution < -0.4 is 15.8 Å². The van der Waals surface area contributed by atoms with Crippen molar-refractivity contribution in [1.82, 2.24) is 4.98 Å². The van der Waals surface area contributed by atoms with Crippen LogP contribution in [0.3, 0.4) is 0 Å². The second-order valence-electron chi connectivity index (χ2n) is 5.05. The number of nitrogens with two attached hydrogens (primary N) is 1. The Balaban J connectivity index is 1.77. The summed E-state index contributed by atoms with van der Waals surface area (Å²) in [7, 11) is 0. The molecule has 6 nitrogen and oxygen atoms in total. The van der Waals surface area contributed by atoms with E-state index in [0.717, 1.165) is 24.2 Å². The van der Waals surface area contributed by atoms with E-state index in [0.29, 0.717) is 15.7 Å². The predicted octanol–water partition coefficient (Wildman–Crippen LogP) is 3.16. The summed E-state index contributed by atoms with van der Waals surface area (Å²) < 4.78 is 5.39. The first-order valence-corrected chi connectivity index (χ1v) is 8.15. The molecule has 1 aromatic heterocycles. The molecule has 0 aliphatic heterocycles. The van der Waals surface area contributed by atoms with Gasteiger partial charge in [0.15, 0.2) is 5.13 Å². The fraction of sp³-hybridized carbons (Fsp3) is 0.118. The third-order valence-corrected chi connectivity index (χ3v) is 4.05. The average molecular weight is 341 g/mol. The maximum absolute atomic E-state index is 12.4. The molecule has 1 amide bonds. The summed E-state index contributed by atoms with van der Waals surface area (Å²) >= 11 is 1.16. The summed E-state index contributed by atoms with van der Waals surface area (Å²) in [5.41, 5.74) is 6.33. The van der Waals surface area contributed by atoms with Crippen molar-refractivity contribution < 1.29 is 14.3 Å². The highest BCUT2D eigenvalue weighted by molar-refractivity contribution is 7.19. The zero-order chi connectivity index (χ0) is 16.9. The Morgan fingerprint density at radius 1 is 1.25 bits per heavy atom. The number of esters is 1. The predicted molar refractivity (Wildman–Crippen MR) is 93.0 cm³/mol. The van der Waals surface area contributed by atoms with Crippen molar-refractivity contribution in [3.05, 3.63) is 59.8 Å². The van der Waals surface area contributed by atoms with E-state index in [1.807, 2.05) is 12.2 Å². The number of carbonyl (C=O) groups excluding carboxylic acids is 2. The smallest absolute Gasteiger partial charge is 0.343 e. The van der Waals surface area contributed by atoms with Crippen molar-refractivity contribution in [3.8, 4) is 5.75 Å². The van der Waals surface area contributed by atoms with Crippen LogP contribution >= 0.6 is 11.3 Å². The number of amides is 1. The molecule has 1 aliphatic rings. The van der Waals surface area contributed by atoms with Gasteiger partial charge in [0.05, 0.1) is 17.3 Å². The topological polar surface area (TPSA) is 94.3 Å². The molecule has 3 N–H and O–H groups in total. The van der Waals surface area contributed by atoms with E-state index >= 15 is 0 Å². The van der Waals surface area contributed by atoms with Crippen LogP contribution in [0.1, 0.15) is 23.2 Å². The van der Waals surface area contributed by atoms with E-state index in [2.05, 4.69) is 10.3 Å². The molecule has 0 bridgehead atoms. The Kier molecular flexibility index (Phi) is 4.72. The SMILES string of the molecule is Nc1cnc(NC(=O)c2ccccc2OC(=O)C2=CCCC=C2)s1. The second kappa shape index (κ2) is 7.10. The number of para-hydroxylation sites is 1. The van der Waals surface area contributed by atoms with Gasteiger partial charge in [0, 0.05) is 0 Å². The van der Waals surface area contributed by atoms with Gasteiger partial charge in [-0.05, 0) is 25.0 Å². The normalized spacial score (nSPS) is 13.2. The first-order chi connectivity index (χ1) is 11.6. The molecule has 122 valence electrons. The fourth-order valence-corrected chi connectivity index (χ4v) is 2.75. The number of benzene rings is 1. The number of nitrogen functional groups attached to an aromatic ring is 1. The van der Waals surface area contributed by atoms with Gasteiger partial charge in [-0.3, -0.25) is 10.1 Å². The van der Waals surface area contributed by atoms with Gasteiger partial charge in [0.1, 0.15) is 10.8 Å². The molecule has 1 aliphatic carbocycles. The number of thiazole rings is 1. The number of hydrogen-bond donors (Lipinski definition) is 2. The summed E-state index contributed by atoms with van der Waals surface area (Å²) in [4.78, 5) is 28.6. The molecule has 3 rings (SSSR count). The Bertz CT molecular complexity index is 839. The molecule has 0 saturated carbocycles. The molecule has 0 atom stereocenters. The van der Waals surface area contributed by atoms with Crippen LogP contribution in [-0.2, 0) is 4.79 Å². The van der Waals surface area contributed by atoms with E-state index in [-0.39, 0.29) is 11.3 Å². The Labute approximate surface area is 142 Å². The number of anilines is 2. The van der Waals surface area contributed by atoms with Crippen molar-refractivity contribution in [3.63, 3.8) is 0 Å². The number of rotatable bonds is 4. The third-order valence-electron chi connectivity index (χ3n) is 3.31. The summed E-state index contributed by atoms with van der Waals surface area (Å²) in [6.45, 7) is 0. The monoisotopic (exact) mass is 341 g/mol. The van der Waals surface area contributed by atoms with Crippen LogP contribution in [0.5, 0.6) is 5.75 Å². The van der Waals surface area contributed by atoms with Gasteiger partial charge in [-0.15, -0.1) is 0 Å². The van der Waals surface area contributed by atoms with E-state index in [4.69, 9.17) is 10.5 Å². The van der Waals surface area contributed by atoms with Crippen LogP contribution in [0.15, 0.2) is 54.3 Å². The van der Waals surface area contributed by atoms with Gasteiger partial charge >= 0.3 is 5.97 Å². The van der Waals surface area contributed by atoms with Crippen LogP contribution in [0, 0.1) is 0 Å². The van der Waals surface area contributed by atoms with Crippen LogP contribution in [0.25, 0.3) is 0 Å². The van der Waals surface area contributed by atoms with Crippen molar-refractivity contribution in [2.24, 2.45) is 0 Å². The van der Waals surface area contributed by atoms with Gasteiger partial charge < -0.3 is 10.5 Å². The standard InChI is InChI=1S/C17H15N3O3S/c18-14-10-19-17(24-14)20-15(21)12-8-4-5-9-13(12)23-16(22)11-6-2-1-3-7-11/h2,4-10H,1,3,18H2,(H,19,20,21). The van der Waals surface area contributed by atoms with E-state index in [1.165, 1.54) is 6.20 Å². The minimum Gasteiger partial charge on any atom is -0.422 e. The minimum atomic E-state index is -0.482. The van der Waals surface area contributed by atoms with Gasteiger partial charge in [-0.2, -0.15) is 0 Å². The van der Waals surface area contributed by atoms with Crippen molar-refractivity contribution in [2.45, 2.75) is 12.8 Å². The molecule has 0 fully saturated rings. The first kappa shape index (κ1) is 15.9. The summed E-state index contributed by atoms with van der Waals surface area (Å²) in [5.74, 6) is -0.699. The van der Waals surface area contributed by atoms with E-state index in [1.54, 1.807) is 30.3 Å². The summed E-state index contributed by atoms with van der Waals surface area (Å²) in [5, 5.41) is 3.53. The average Bonchev–Trinajstić information content (AvgIpc) is 3.01. The lowest BCUT2D eigenvalue weighted by Gasteiger charge is -2.11. The van der Waals surface area contributed by atoms with Gasteiger partial charge in [0.25, 0.3) is 5.91 Å². The van der Waals surface area contributed by atoms with Crippen molar-refractivity contribution in [1.29, 1.82) is 0 Å². The molecule has 2 aromatic rings. The van der Waals surface area contributed by atoms with Crippen molar-refractivity contribution in [2.75, 3.05) is 11.1 Å². The largest absolute Gasteiger partial charge is 0.422 e. The lowest BCUT2D eigenvalue weighted by atomic mass is 10.1. The lowest BCUT2D eigenvalue weighted by Crippen LogP contribution is -2.17. The highest BCUT2D eigenvalue weighted by Gasteiger charge is 2.18. The molecular formula is C17H15N3O3S. The maximum atomic E-state index is 12.4. The fourth-order valence-electron chi connectivity index (χ4n) is 2.18. The number of ether oxygens (including phenoxy) is 1. The molecule has 0 unspecified atom stereocenters. The van der Waals surface area contributed by atoms with Gasteiger partial charge in [-0.25, -0.2) is 9.78 Å². The third kappa shape index (κ3) is 3.69. The maximum Gasteiger partial charge on any atom is 0.343 e. The summed E-state index contributed by atoms with van der Waals surface area (Å²) in [6, 6.07) is 6.56. The number of carbonyl (C=O) groups is 2. The highest BCUT2D eigenvalue weighted by atomic mass is 32.1. The van der Waals surface area contributed by atoms with E-state index in [9.17, 15) is 9.59 Å². The first-order valence-electron chi connectivity index (χ1n) is 7.34. The van der Waals surface area contributed by atoms with Crippen LogP contribution in [-0.4, -0.2) is 16.9 Å². The molecule has 0 saturated heterocycles. The van der Waals surface area contributed by atoms with Gasteiger partial charge in [0.2, 0.25) is 0 Å². The molecule has 24 heavy (non-hydrogen) atoms. The number of allylic oxidation sites excluding steroid dienone is 2. The zero-order valence-corrected chi connectivity index (χ0v) is 13.5. The Hall–Kier alpha value is -2.93. The second-order valence-corrected chi connectivity index (χ2v) is 6.11.